The van der Waals surface area contributed by atoms with Gasteiger partial charge >= 0.3 is 0 Å². The zero-order chi connectivity index (χ0) is 22.1. The minimum atomic E-state index is -0.258. The average Bonchev–Trinajstić information content (AvgIpc) is 3.45. The summed E-state index contributed by atoms with van der Waals surface area (Å²) in [5.41, 5.74) is 1.39. The first-order valence-corrected chi connectivity index (χ1v) is 10.7. The minimum Gasteiger partial charge on any atom is -0.487 e. The first kappa shape index (κ1) is 20.0. The van der Waals surface area contributed by atoms with Crippen LogP contribution in [0.2, 0.25) is 0 Å². The number of hydrogen-bond donors (Lipinski definition) is 1. The largest absolute Gasteiger partial charge is 0.487 e. The number of fused-ring (bicyclic) bond motifs is 2. The Bertz CT molecular complexity index is 1360. The molecule has 0 radical (unpaired) electrons. The third-order valence-electron chi connectivity index (χ3n) is 4.78. The van der Waals surface area contributed by atoms with Crippen LogP contribution in [0.15, 0.2) is 53.3 Å². The van der Waals surface area contributed by atoms with Gasteiger partial charge in [0.1, 0.15) is 17.4 Å². The Morgan fingerprint density at radius 1 is 1.16 bits per heavy atom. The quantitative estimate of drug-likeness (QED) is 0.481. The van der Waals surface area contributed by atoms with E-state index in [1.54, 1.807) is 42.5 Å². The lowest BCUT2D eigenvalue weighted by Gasteiger charge is -2.08. The highest BCUT2D eigenvalue weighted by Gasteiger charge is 2.16. The molecule has 2 aromatic carbocycles. The second kappa shape index (κ2) is 8.31. The number of nitrogens with zero attached hydrogens (tertiary/aromatic N) is 3. The molecule has 1 aliphatic rings. The molecule has 0 saturated carbocycles. The van der Waals surface area contributed by atoms with Gasteiger partial charge in [-0.3, -0.25) is 9.59 Å². The zero-order valence-corrected chi connectivity index (χ0v) is 17.8. The van der Waals surface area contributed by atoms with Crippen LogP contribution in [0.4, 0.5) is 5.69 Å². The van der Waals surface area contributed by atoms with Crippen molar-refractivity contribution in [2.45, 2.75) is 20.0 Å². The summed E-state index contributed by atoms with van der Waals surface area (Å²) in [5.74, 6) is 1.51. The Kier molecular flexibility index (Phi) is 5.20. The molecule has 1 amide bonds. The first-order valence-electron chi connectivity index (χ1n) is 9.91. The molecule has 3 heterocycles. The highest BCUT2D eigenvalue weighted by molar-refractivity contribution is 7.16. The van der Waals surface area contributed by atoms with E-state index in [0.717, 1.165) is 11.4 Å². The maximum atomic E-state index is 12.5. The summed E-state index contributed by atoms with van der Waals surface area (Å²) in [6.45, 7) is 2.28. The van der Waals surface area contributed by atoms with E-state index in [1.165, 1.54) is 21.9 Å². The number of hydrogen-bond acceptors (Lipinski definition) is 8. The lowest BCUT2D eigenvalue weighted by molar-refractivity contribution is 0.102. The Morgan fingerprint density at radius 3 is 2.78 bits per heavy atom. The van der Waals surface area contributed by atoms with Gasteiger partial charge in [0.25, 0.3) is 11.5 Å². The Morgan fingerprint density at radius 2 is 1.97 bits per heavy atom. The summed E-state index contributed by atoms with van der Waals surface area (Å²) in [6, 6.07) is 13.4. The van der Waals surface area contributed by atoms with E-state index >= 15 is 0 Å². The molecule has 0 atom stereocenters. The van der Waals surface area contributed by atoms with Crippen LogP contribution < -0.4 is 25.1 Å². The smallest absolute Gasteiger partial charge is 0.275 e. The van der Waals surface area contributed by atoms with Crippen molar-refractivity contribution in [3.63, 3.8) is 0 Å². The van der Waals surface area contributed by atoms with Gasteiger partial charge in [-0.2, -0.15) is 9.61 Å². The van der Waals surface area contributed by atoms with Crippen molar-refractivity contribution in [1.82, 2.24) is 14.6 Å². The van der Waals surface area contributed by atoms with E-state index < -0.39 is 0 Å². The van der Waals surface area contributed by atoms with Gasteiger partial charge in [0.15, 0.2) is 11.5 Å². The molecule has 10 heteroatoms. The van der Waals surface area contributed by atoms with Gasteiger partial charge in [0.05, 0.1) is 5.69 Å². The van der Waals surface area contributed by atoms with Gasteiger partial charge in [0, 0.05) is 17.3 Å². The van der Waals surface area contributed by atoms with Crippen LogP contribution in [-0.4, -0.2) is 27.3 Å². The second-order valence-electron chi connectivity index (χ2n) is 6.96. The summed E-state index contributed by atoms with van der Waals surface area (Å²) in [5, 5.41) is 7.92. The van der Waals surface area contributed by atoms with Crippen LogP contribution in [0.3, 0.4) is 0 Å². The van der Waals surface area contributed by atoms with Crippen LogP contribution in [0, 0.1) is 0 Å². The van der Waals surface area contributed by atoms with Crippen molar-refractivity contribution in [3.8, 4) is 17.2 Å². The van der Waals surface area contributed by atoms with E-state index in [1.807, 2.05) is 6.92 Å². The van der Waals surface area contributed by atoms with Gasteiger partial charge in [-0.25, -0.2) is 4.98 Å². The molecule has 1 N–H and O–H groups in total. The Balaban J connectivity index is 1.23. The summed E-state index contributed by atoms with van der Waals surface area (Å²) in [4.78, 5) is 29.7. The summed E-state index contributed by atoms with van der Waals surface area (Å²) < 4.78 is 17.6. The average molecular weight is 450 g/mol. The van der Waals surface area contributed by atoms with Crippen LogP contribution in [0.1, 0.15) is 28.0 Å². The number of aromatic nitrogens is 3. The van der Waals surface area contributed by atoms with Gasteiger partial charge in [-0.15, -0.1) is 0 Å². The van der Waals surface area contributed by atoms with Crippen molar-refractivity contribution < 1.29 is 19.0 Å². The molecular formula is C22H18N4O5S. The van der Waals surface area contributed by atoms with Crippen LogP contribution >= 0.6 is 11.3 Å². The number of aryl methyl sites for hydroxylation is 1. The van der Waals surface area contributed by atoms with Crippen molar-refractivity contribution in [3.05, 3.63) is 75.1 Å². The van der Waals surface area contributed by atoms with E-state index in [2.05, 4.69) is 15.4 Å². The topological polar surface area (TPSA) is 104 Å². The van der Waals surface area contributed by atoms with Crippen molar-refractivity contribution in [2.24, 2.45) is 0 Å². The number of anilines is 1. The first-order chi connectivity index (χ1) is 15.6. The zero-order valence-electron chi connectivity index (χ0n) is 17.0. The molecule has 1 aliphatic heterocycles. The van der Waals surface area contributed by atoms with E-state index in [-0.39, 0.29) is 24.9 Å². The molecule has 0 spiro atoms. The van der Waals surface area contributed by atoms with Crippen molar-refractivity contribution in [2.75, 3.05) is 12.1 Å². The lowest BCUT2D eigenvalue weighted by atomic mass is 10.2. The third kappa shape index (κ3) is 4.00. The van der Waals surface area contributed by atoms with Gasteiger partial charge in [0.2, 0.25) is 11.8 Å². The molecule has 32 heavy (non-hydrogen) atoms. The highest BCUT2D eigenvalue weighted by Crippen LogP contribution is 2.32. The summed E-state index contributed by atoms with van der Waals surface area (Å²) >= 11 is 1.39. The Labute approximate surface area is 186 Å². The summed E-state index contributed by atoms with van der Waals surface area (Å²) in [6.07, 6.45) is 0.747. The van der Waals surface area contributed by atoms with Crippen molar-refractivity contribution >= 4 is 27.9 Å². The predicted octanol–water partition coefficient (Wildman–Crippen LogP) is 3.27. The van der Waals surface area contributed by atoms with Gasteiger partial charge in [-0.05, 0) is 48.9 Å². The molecule has 4 aromatic rings. The summed E-state index contributed by atoms with van der Waals surface area (Å²) in [7, 11) is 0. The SMILES string of the molecule is CCc1nn2c(=O)cc(COc3ccc(NC(=O)c4ccc5c(c4)OCO5)cc3)nc2s1. The highest BCUT2D eigenvalue weighted by atomic mass is 32.1. The van der Waals surface area contributed by atoms with Crippen LogP contribution in [0.25, 0.3) is 4.96 Å². The molecule has 5 rings (SSSR count). The lowest BCUT2D eigenvalue weighted by Crippen LogP contribution is -2.16. The fraction of sp³-hybridized carbons (Fsp3) is 0.182. The standard InChI is InChI=1S/C22H18N4O5S/c1-2-19-25-26-20(27)10-15(24-22(26)32-19)11-29-16-6-4-14(5-7-16)23-21(28)13-3-8-17-18(9-13)31-12-30-17/h3-10H,2,11-12H2,1H3,(H,23,28). The fourth-order valence-corrected chi connectivity index (χ4v) is 4.00. The Hall–Kier alpha value is -3.92. The molecule has 2 aromatic heterocycles. The minimum absolute atomic E-state index is 0.147. The molecular weight excluding hydrogens is 432 g/mol. The molecule has 0 fully saturated rings. The third-order valence-corrected chi connectivity index (χ3v) is 5.83. The number of carbonyl (C=O) groups excluding carboxylic acids is 1. The monoisotopic (exact) mass is 450 g/mol. The van der Waals surface area contributed by atoms with Gasteiger partial charge < -0.3 is 19.5 Å². The van der Waals surface area contributed by atoms with Gasteiger partial charge in [-0.1, -0.05) is 18.3 Å². The maximum absolute atomic E-state index is 12.5. The van der Waals surface area contributed by atoms with E-state index in [0.29, 0.717) is 39.2 Å². The molecule has 9 nitrogen and oxygen atoms in total. The normalized spacial score (nSPS) is 12.2. The fourth-order valence-electron chi connectivity index (χ4n) is 3.15. The number of amides is 1. The molecule has 0 unspecified atom stereocenters. The number of nitrogens with one attached hydrogen (secondary N) is 1. The number of ether oxygens (including phenoxy) is 3. The second-order valence-corrected chi connectivity index (χ2v) is 8.01. The van der Waals surface area contributed by atoms with E-state index in [9.17, 15) is 9.59 Å². The number of benzene rings is 2. The van der Waals surface area contributed by atoms with E-state index in [4.69, 9.17) is 14.2 Å². The number of rotatable bonds is 6. The maximum Gasteiger partial charge on any atom is 0.275 e. The van der Waals surface area contributed by atoms with Crippen LogP contribution in [0.5, 0.6) is 17.2 Å². The predicted molar refractivity (Wildman–Crippen MR) is 118 cm³/mol. The van der Waals surface area contributed by atoms with Crippen LogP contribution in [-0.2, 0) is 13.0 Å². The molecule has 0 aliphatic carbocycles. The molecule has 162 valence electrons. The molecule has 0 bridgehead atoms. The number of carbonyl (C=O) groups is 1. The van der Waals surface area contributed by atoms with Crippen molar-refractivity contribution in [1.29, 1.82) is 0 Å². The molecule has 0 saturated heterocycles.